The molecule has 0 unspecified atom stereocenters. The van der Waals surface area contributed by atoms with Crippen LogP contribution in [0.3, 0.4) is 0 Å². The summed E-state index contributed by atoms with van der Waals surface area (Å²) in [4.78, 5) is 12.9. The molecule has 0 saturated heterocycles. The van der Waals surface area contributed by atoms with Crippen LogP contribution in [0.2, 0.25) is 0 Å². The van der Waals surface area contributed by atoms with Crippen LogP contribution in [-0.2, 0) is 14.8 Å². The van der Waals surface area contributed by atoms with E-state index in [-0.39, 0.29) is 10.6 Å². The van der Waals surface area contributed by atoms with Gasteiger partial charge in [-0.25, -0.2) is 8.42 Å². The molecular weight excluding hydrogens is 508 g/mol. The number of methoxy groups -OCH3 is 2. The second-order valence-corrected chi connectivity index (χ2v) is 10.1. The molecule has 7 nitrogen and oxygen atoms in total. The highest BCUT2D eigenvalue weighted by molar-refractivity contribution is 9.10. The number of nitrogens with one attached hydrogen (secondary N) is 1. The molecule has 0 spiro atoms. The summed E-state index contributed by atoms with van der Waals surface area (Å²) in [5.74, 6) is 0.209. The predicted molar refractivity (Wildman–Crippen MR) is 133 cm³/mol. The van der Waals surface area contributed by atoms with Gasteiger partial charge in [-0.3, -0.25) is 9.10 Å². The first kappa shape index (κ1) is 24.6. The lowest BCUT2D eigenvalue weighted by Gasteiger charge is -2.24. The van der Waals surface area contributed by atoms with E-state index >= 15 is 0 Å². The first-order valence-corrected chi connectivity index (χ1v) is 12.3. The zero-order valence-corrected chi connectivity index (χ0v) is 21.2. The largest absolute Gasteiger partial charge is 0.493 e. The van der Waals surface area contributed by atoms with E-state index in [2.05, 4.69) is 21.2 Å². The molecule has 0 atom stereocenters. The van der Waals surface area contributed by atoms with Crippen LogP contribution in [0.25, 0.3) is 0 Å². The maximum absolute atomic E-state index is 13.6. The number of anilines is 2. The summed E-state index contributed by atoms with van der Waals surface area (Å²) in [5.41, 5.74) is 2.86. The number of hydrogen-bond acceptors (Lipinski definition) is 5. The molecule has 0 aliphatic rings. The van der Waals surface area contributed by atoms with Crippen LogP contribution in [0.4, 0.5) is 11.4 Å². The van der Waals surface area contributed by atoms with E-state index in [0.29, 0.717) is 17.1 Å². The Bertz CT molecular complexity index is 1260. The molecule has 0 aliphatic carbocycles. The number of ether oxygens (including phenoxy) is 2. The molecule has 3 aromatic carbocycles. The lowest BCUT2D eigenvalue weighted by Crippen LogP contribution is -2.38. The average molecular weight is 533 g/mol. The minimum atomic E-state index is -4.10. The average Bonchev–Trinajstić information content (AvgIpc) is 2.80. The van der Waals surface area contributed by atoms with Gasteiger partial charge in [0.2, 0.25) is 5.91 Å². The van der Waals surface area contributed by atoms with E-state index in [4.69, 9.17) is 9.47 Å². The molecule has 3 rings (SSSR count). The topological polar surface area (TPSA) is 84.9 Å². The molecule has 0 fully saturated rings. The van der Waals surface area contributed by atoms with Crippen LogP contribution >= 0.6 is 15.9 Å². The maximum Gasteiger partial charge on any atom is 0.264 e. The summed E-state index contributed by atoms with van der Waals surface area (Å²) in [7, 11) is -1.20. The van der Waals surface area contributed by atoms with E-state index in [0.717, 1.165) is 19.9 Å². The fourth-order valence-corrected chi connectivity index (χ4v) is 4.87. The Hall–Kier alpha value is -3.04. The number of sulfonamides is 1. The van der Waals surface area contributed by atoms with E-state index in [9.17, 15) is 13.2 Å². The number of nitrogens with zero attached hydrogens (tertiary/aromatic N) is 1. The van der Waals surface area contributed by atoms with Crippen molar-refractivity contribution in [2.45, 2.75) is 18.7 Å². The lowest BCUT2D eigenvalue weighted by molar-refractivity contribution is -0.114. The lowest BCUT2D eigenvalue weighted by atomic mass is 10.2. The van der Waals surface area contributed by atoms with Crippen molar-refractivity contribution in [2.75, 3.05) is 30.4 Å². The smallest absolute Gasteiger partial charge is 0.264 e. The SMILES string of the molecule is COc1ccc(S(=O)(=O)N(CC(=O)Nc2ccc(Br)c(C)c2)c2ccc(C)cc2)cc1OC. The van der Waals surface area contributed by atoms with Gasteiger partial charge in [-0.15, -0.1) is 0 Å². The van der Waals surface area contributed by atoms with E-state index in [1.807, 2.05) is 19.9 Å². The molecule has 0 radical (unpaired) electrons. The number of amides is 1. The van der Waals surface area contributed by atoms with Gasteiger partial charge in [-0.2, -0.15) is 0 Å². The molecule has 9 heteroatoms. The summed E-state index contributed by atoms with van der Waals surface area (Å²) in [6, 6.07) is 16.6. The summed E-state index contributed by atoms with van der Waals surface area (Å²) in [6.07, 6.45) is 0. The molecule has 0 heterocycles. The molecule has 1 amide bonds. The van der Waals surface area contributed by atoms with Crippen molar-refractivity contribution in [1.29, 1.82) is 0 Å². The Labute approximate surface area is 202 Å². The normalized spacial score (nSPS) is 11.1. The third kappa shape index (κ3) is 5.66. The highest BCUT2D eigenvalue weighted by atomic mass is 79.9. The van der Waals surface area contributed by atoms with Crippen LogP contribution in [0.5, 0.6) is 11.5 Å². The Morgan fingerprint density at radius 1 is 0.939 bits per heavy atom. The van der Waals surface area contributed by atoms with Gasteiger partial charge in [-0.1, -0.05) is 33.6 Å². The second kappa shape index (κ2) is 10.3. The quantitative estimate of drug-likeness (QED) is 0.445. The Balaban J connectivity index is 1.98. The molecule has 0 aliphatic heterocycles. The molecule has 0 bridgehead atoms. The first-order valence-electron chi connectivity index (χ1n) is 10.0. The minimum Gasteiger partial charge on any atom is -0.493 e. The van der Waals surface area contributed by atoms with Crippen molar-refractivity contribution in [3.63, 3.8) is 0 Å². The van der Waals surface area contributed by atoms with Crippen LogP contribution < -0.4 is 19.1 Å². The third-order valence-electron chi connectivity index (χ3n) is 4.99. The van der Waals surface area contributed by atoms with Crippen LogP contribution in [0.15, 0.2) is 70.0 Å². The van der Waals surface area contributed by atoms with Crippen molar-refractivity contribution in [3.05, 3.63) is 76.3 Å². The standard InChI is InChI=1S/C24H25BrN2O5S/c1-16-5-8-19(9-6-16)27(15-24(28)26-18-7-11-21(25)17(2)13-18)33(29,30)20-10-12-22(31-3)23(14-20)32-4/h5-14H,15H2,1-4H3,(H,26,28). The third-order valence-corrected chi connectivity index (χ3v) is 7.65. The van der Waals surface area contributed by atoms with Gasteiger partial charge < -0.3 is 14.8 Å². The second-order valence-electron chi connectivity index (χ2n) is 7.38. The molecule has 1 N–H and O–H groups in total. The number of carbonyl (C=O) groups excluding carboxylic acids is 1. The van der Waals surface area contributed by atoms with E-state index in [1.165, 1.54) is 32.4 Å². The molecular formula is C24H25BrN2O5S. The summed E-state index contributed by atoms with van der Waals surface area (Å²) >= 11 is 3.43. The highest BCUT2D eigenvalue weighted by Gasteiger charge is 2.28. The number of halogens is 1. The molecule has 3 aromatic rings. The van der Waals surface area contributed by atoms with E-state index in [1.54, 1.807) is 36.4 Å². The summed E-state index contributed by atoms with van der Waals surface area (Å²) in [6.45, 7) is 3.40. The molecule has 33 heavy (non-hydrogen) atoms. The van der Waals surface area contributed by atoms with Gasteiger partial charge in [0.05, 0.1) is 24.8 Å². The monoisotopic (exact) mass is 532 g/mol. The van der Waals surface area contributed by atoms with Crippen LogP contribution in [0.1, 0.15) is 11.1 Å². The zero-order chi connectivity index (χ0) is 24.2. The Morgan fingerprint density at radius 3 is 2.21 bits per heavy atom. The predicted octanol–water partition coefficient (Wildman–Crippen LogP) is 4.92. The van der Waals surface area contributed by atoms with Crippen LogP contribution in [-0.4, -0.2) is 35.1 Å². The van der Waals surface area contributed by atoms with Crippen molar-refractivity contribution in [2.24, 2.45) is 0 Å². The van der Waals surface area contributed by atoms with Gasteiger partial charge in [-0.05, 0) is 61.9 Å². The van der Waals surface area contributed by atoms with Gasteiger partial charge in [0.1, 0.15) is 6.54 Å². The fourth-order valence-electron chi connectivity index (χ4n) is 3.18. The summed E-state index contributed by atoms with van der Waals surface area (Å²) < 4.78 is 39.7. The number of rotatable bonds is 8. The van der Waals surface area contributed by atoms with Gasteiger partial charge in [0.15, 0.2) is 11.5 Å². The maximum atomic E-state index is 13.6. The number of hydrogen-bond donors (Lipinski definition) is 1. The van der Waals surface area contributed by atoms with Crippen molar-refractivity contribution in [1.82, 2.24) is 0 Å². The van der Waals surface area contributed by atoms with Crippen molar-refractivity contribution < 1.29 is 22.7 Å². The first-order chi connectivity index (χ1) is 15.6. The van der Waals surface area contributed by atoms with Crippen molar-refractivity contribution >= 4 is 43.2 Å². The minimum absolute atomic E-state index is 0.0204. The number of carbonyl (C=O) groups is 1. The zero-order valence-electron chi connectivity index (χ0n) is 18.8. The Kier molecular flexibility index (Phi) is 7.65. The van der Waals surface area contributed by atoms with E-state index < -0.39 is 22.5 Å². The Morgan fingerprint density at radius 2 is 1.61 bits per heavy atom. The number of benzene rings is 3. The van der Waals surface area contributed by atoms with Crippen LogP contribution in [0, 0.1) is 13.8 Å². The fraction of sp³-hybridized carbons (Fsp3) is 0.208. The number of aryl methyl sites for hydroxylation is 2. The summed E-state index contributed by atoms with van der Waals surface area (Å²) in [5, 5.41) is 2.78. The van der Waals surface area contributed by atoms with Crippen molar-refractivity contribution in [3.8, 4) is 11.5 Å². The molecule has 0 saturated carbocycles. The van der Waals surface area contributed by atoms with Gasteiger partial charge in [0, 0.05) is 16.2 Å². The molecule has 174 valence electrons. The van der Waals surface area contributed by atoms with Gasteiger partial charge >= 0.3 is 0 Å². The van der Waals surface area contributed by atoms with Gasteiger partial charge in [0.25, 0.3) is 10.0 Å². The highest BCUT2D eigenvalue weighted by Crippen LogP contribution is 2.32. The molecule has 0 aromatic heterocycles.